The average Bonchev–Trinajstić information content (AvgIpc) is 2.16. The van der Waals surface area contributed by atoms with Gasteiger partial charge in [-0.2, -0.15) is 0 Å². The Labute approximate surface area is 88.8 Å². The molecule has 0 unspecified atom stereocenters. The van der Waals surface area contributed by atoms with Gasteiger partial charge in [0.15, 0.2) is 0 Å². The van der Waals surface area contributed by atoms with Gasteiger partial charge in [-0.3, -0.25) is 4.79 Å². The number of nitrogens with one attached hydrogen (secondary N) is 1. The molecule has 1 fully saturated rings. The van der Waals surface area contributed by atoms with Gasteiger partial charge >= 0.3 is 5.97 Å². The van der Waals surface area contributed by atoms with E-state index < -0.39 is 5.97 Å². The Morgan fingerprint density at radius 2 is 2.00 bits per heavy atom. The number of nitrogens with zero attached hydrogens (tertiary/aromatic N) is 1. The number of aliphatic carboxylic acids is 1. The molecule has 84 valence electrons. The van der Waals surface area contributed by atoms with Crippen LogP contribution in [0.3, 0.4) is 0 Å². The maximum Gasteiger partial charge on any atom is 0.329 e. The van der Waals surface area contributed by atoms with E-state index in [1.165, 1.54) is 6.92 Å². The van der Waals surface area contributed by atoms with Crippen LogP contribution in [0.5, 0.6) is 0 Å². The number of amides is 1. The third-order valence-corrected chi connectivity index (χ3v) is 2.36. The highest BCUT2D eigenvalue weighted by Crippen LogP contribution is 2.10. The summed E-state index contributed by atoms with van der Waals surface area (Å²) in [6, 6.07) is 0.233. The van der Waals surface area contributed by atoms with Crippen LogP contribution in [-0.4, -0.2) is 41.0 Å². The third kappa shape index (κ3) is 4.49. The number of piperidine rings is 1. The SMILES string of the molecule is CC(=O)NC1CCN(/C=C/C(=O)O)CC1. The van der Waals surface area contributed by atoms with E-state index >= 15 is 0 Å². The monoisotopic (exact) mass is 212 g/mol. The predicted molar refractivity (Wildman–Crippen MR) is 55.2 cm³/mol. The number of hydrogen-bond acceptors (Lipinski definition) is 3. The molecule has 0 radical (unpaired) electrons. The molecule has 1 rings (SSSR count). The third-order valence-electron chi connectivity index (χ3n) is 2.36. The maximum atomic E-state index is 10.8. The van der Waals surface area contributed by atoms with Crippen LogP contribution < -0.4 is 5.32 Å². The highest BCUT2D eigenvalue weighted by Gasteiger charge is 2.17. The van der Waals surface area contributed by atoms with Gasteiger partial charge in [-0.15, -0.1) is 0 Å². The minimum absolute atomic E-state index is 0.00507. The molecular formula is C10H16N2O3. The van der Waals surface area contributed by atoms with Gasteiger partial charge < -0.3 is 15.3 Å². The lowest BCUT2D eigenvalue weighted by molar-refractivity contribution is -0.131. The fraction of sp³-hybridized carbons (Fsp3) is 0.600. The maximum absolute atomic E-state index is 10.8. The molecule has 0 bridgehead atoms. The van der Waals surface area contributed by atoms with Gasteiger partial charge in [-0.05, 0) is 12.8 Å². The van der Waals surface area contributed by atoms with Crippen LogP contribution in [0.25, 0.3) is 0 Å². The zero-order valence-corrected chi connectivity index (χ0v) is 8.77. The van der Waals surface area contributed by atoms with Crippen LogP contribution in [0, 0.1) is 0 Å². The molecule has 5 nitrogen and oxygen atoms in total. The second-order valence-corrected chi connectivity index (χ2v) is 3.66. The molecule has 0 atom stereocenters. The van der Waals surface area contributed by atoms with Gasteiger partial charge in [0.05, 0.1) is 0 Å². The first-order chi connectivity index (χ1) is 7.08. The van der Waals surface area contributed by atoms with Crippen molar-refractivity contribution >= 4 is 11.9 Å². The molecule has 0 aromatic rings. The summed E-state index contributed by atoms with van der Waals surface area (Å²) in [6.45, 7) is 3.08. The van der Waals surface area contributed by atoms with Crippen molar-refractivity contribution in [3.63, 3.8) is 0 Å². The molecule has 0 aromatic carbocycles. The Morgan fingerprint density at radius 3 is 2.47 bits per heavy atom. The van der Waals surface area contributed by atoms with Gasteiger partial charge in [0, 0.05) is 38.3 Å². The molecule has 2 N–H and O–H groups in total. The van der Waals surface area contributed by atoms with Crippen molar-refractivity contribution < 1.29 is 14.7 Å². The highest BCUT2D eigenvalue weighted by molar-refractivity contribution is 5.79. The van der Waals surface area contributed by atoms with Gasteiger partial charge in [-0.25, -0.2) is 4.79 Å². The molecule has 1 amide bonds. The molecule has 0 aromatic heterocycles. The van der Waals surface area contributed by atoms with Crippen LogP contribution in [-0.2, 0) is 9.59 Å². The summed E-state index contributed by atoms with van der Waals surface area (Å²) < 4.78 is 0. The normalized spacial score (nSPS) is 18.1. The van der Waals surface area contributed by atoms with Crippen LogP contribution in [0.15, 0.2) is 12.3 Å². The lowest BCUT2D eigenvalue weighted by Crippen LogP contribution is -2.42. The first-order valence-corrected chi connectivity index (χ1v) is 5.00. The highest BCUT2D eigenvalue weighted by atomic mass is 16.4. The van der Waals surface area contributed by atoms with E-state index in [0.717, 1.165) is 32.0 Å². The first-order valence-electron chi connectivity index (χ1n) is 5.00. The van der Waals surface area contributed by atoms with E-state index in [2.05, 4.69) is 5.32 Å². The summed E-state index contributed by atoms with van der Waals surface area (Å²) in [5.41, 5.74) is 0. The van der Waals surface area contributed by atoms with E-state index in [0.29, 0.717) is 0 Å². The molecule has 15 heavy (non-hydrogen) atoms. The van der Waals surface area contributed by atoms with Crippen molar-refractivity contribution in [3.05, 3.63) is 12.3 Å². The minimum Gasteiger partial charge on any atom is -0.478 e. The molecule has 0 aliphatic carbocycles. The Kier molecular flexibility index (Phi) is 4.15. The standard InChI is InChI=1S/C10H16N2O3/c1-8(13)11-9-2-5-12(6-3-9)7-4-10(14)15/h4,7,9H,2-3,5-6H2,1H3,(H,11,13)(H,14,15)/b7-4+. The lowest BCUT2D eigenvalue weighted by atomic mass is 10.1. The van der Waals surface area contributed by atoms with Crippen molar-refractivity contribution in [1.29, 1.82) is 0 Å². The van der Waals surface area contributed by atoms with E-state index in [1.807, 2.05) is 4.90 Å². The number of rotatable bonds is 3. The fourth-order valence-electron chi connectivity index (χ4n) is 1.65. The van der Waals surface area contributed by atoms with Crippen molar-refractivity contribution in [1.82, 2.24) is 10.2 Å². The summed E-state index contributed by atoms with van der Waals surface area (Å²) >= 11 is 0. The molecule has 1 aliphatic heterocycles. The van der Waals surface area contributed by atoms with Crippen molar-refractivity contribution in [3.8, 4) is 0 Å². The second-order valence-electron chi connectivity index (χ2n) is 3.66. The van der Waals surface area contributed by atoms with E-state index in [1.54, 1.807) is 6.20 Å². The van der Waals surface area contributed by atoms with Crippen molar-refractivity contribution in [2.75, 3.05) is 13.1 Å². The number of carboxylic acid groups (broad SMARTS) is 1. The molecule has 1 heterocycles. The Morgan fingerprint density at radius 1 is 1.40 bits per heavy atom. The minimum atomic E-state index is -0.931. The lowest BCUT2D eigenvalue weighted by Gasteiger charge is -2.31. The molecule has 1 saturated heterocycles. The number of carbonyl (C=O) groups excluding carboxylic acids is 1. The van der Waals surface area contributed by atoms with Gasteiger partial charge in [-0.1, -0.05) is 0 Å². The number of carboxylic acids is 1. The summed E-state index contributed by atoms with van der Waals surface area (Å²) in [7, 11) is 0. The average molecular weight is 212 g/mol. The second kappa shape index (κ2) is 5.38. The number of likely N-dealkylation sites (tertiary alicyclic amines) is 1. The topological polar surface area (TPSA) is 69.6 Å². The summed E-state index contributed by atoms with van der Waals surface area (Å²) in [4.78, 5) is 23.0. The Hall–Kier alpha value is -1.52. The Balaban J connectivity index is 2.29. The zero-order valence-electron chi connectivity index (χ0n) is 8.77. The van der Waals surface area contributed by atoms with Crippen LogP contribution in [0.2, 0.25) is 0 Å². The summed E-state index contributed by atoms with van der Waals surface area (Å²) in [5, 5.41) is 11.3. The Bertz CT molecular complexity index is 268. The smallest absolute Gasteiger partial charge is 0.329 e. The van der Waals surface area contributed by atoms with E-state index in [-0.39, 0.29) is 11.9 Å². The molecule has 1 aliphatic rings. The molecule has 5 heteroatoms. The quantitative estimate of drug-likeness (QED) is 0.655. The molecular weight excluding hydrogens is 196 g/mol. The van der Waals surface area contributed by atoms with E-state index in [4.69, 9.17) is 5.11 Å². The predicted octanol–water partition coefficient (Wildman–Crippen LogP) is 0.185. The van der Waals surface area contributed by atoms with Gasteiger partial charge in [0.25, 0.3) is 0 Å². The first kappa shape index (κ1) is 11.6. The van der Waals surface area contributed by atoms with Crippen LogP contribution in [0.1, 0.15) is 19.8 Å². The van der Waals surface area contributed by atoms with E-state index in [9.17, 15) is 9.59 Å². The zero-order chi connectivity index (χ0) is 11.3. The van der Waals surface area contributed by atoms with Crippen LogP contribution in [0.4, 0.5) is 0 Å². The summed E-state index contributed by atoms with van der Waals surface area (Å²) in [6.07, 6.45) is 4.46. The number of hydrogen-bond donors (Lipinski definition) is 2. The van der Waals surface area contributed by atoms with Crippen molar-refractivity contribution in [2.24, 2.45) is 0 Å². The number of carbonyl (C=O) groups is 2. The fourth-order valence-corrected chi connectivity index (χ4v) is 1.65. The van der Waals surface area contributed by atoms with Crippen LogP contribution >= 0.6 is 0 Å². The summed E-state index contributed by atoms with van der Waals surface area (Å²) in [5.74, 6) is -0.937. The van der Waals surface area contributed by atoms with Crippen molar-refractivity contribution in [2.45, 2.75) is 25.8 Å². The molecule has 0 spiro atoms. The van der Waals surface area contributed by atoms with Gasteiger partial charge in [0.1, 0.15) is 0 Å². The largest absolute Gasteiger partial charge is 0.478 e. The molecule has 0 saturated carbocycles. The van der Waals surface area contributed by atoms with Gasteiger partial charge in [0.2, 0.25) is 5.91 Å².